The van der Waals surface area contributed by atoms with Crippen LogP contribution in [0.25, 0.3) is 0 Å². The quantitative estimate of drug-likeness (QED) is 0.683. The molecule has 0 spiro atoms. The molecule has 2 nitrogen and oxygen atoms in total. The Hall–Kier alpha value is -0.890. The van der Waals surface area contributed by atoms with Crippen LogP contribution in [-0.4, -0.2) is 12.0 Å². The average molecular weight is 148 g/mol. The predicted octanol–water partition coefficient (Wildman–Crippen LogP) is 1.29. The number of nitrogens with zero attached hydrogens (tertiary/aromatic N) is 1. The van der Waals surface area contributed by atoms with Crippen molar-refractivity contribution in [1.82, 2.24) is 10.3 Å². The Morgan fingerprint density at radius 1 is 1.36 bits per heavy atom. The molecule has 0 saturated heterocycles. The molecule has 11 heavy (non-hydrogen) atoms. The molecule has 0 aromatic carbocycles. The molecule has 0 bridgehead atoms. The summed E-state index contributed by atoms with van der Waals surface area (Å²) in [6.45, 7) is 0. The van der Waals surface area contributed by atoms with E-state index in [-0.39, 0.29) is 0 Å². The van der Waals surface area contributed by atoms with Gasteiger partial charge in [0, 0.05) is 17.9 Å². The van der Waals surface area contributed by atoms with Gasteiger partial charge in [-0.25, -0.2) is 0 Å². The van der Waals surface area contributed by atoms with Gasteiger partial charge in [0.1, 0.15) is 0 Å². The lowest BCUT2D eigenvalue weighted by atomic mass is 10.1. The van der Waals surface area contributed by atoms with Crippen molar-refractivity contribution in [2.24, 2.45) is 0 Å². The largest absolute Gasteiger partial charge is 0.310 e. The number of nitrogens with one attached hydrogen (secondary N) is 1. The first-order valence-corrected chi connectivity index (χ1v) is 3.97. The minimum Gasteiger partial charge on any atom is -0.310 e. The van der Waals surface area contributed by atoms with Crippen LogP contribution in [-0.2, 0) is 5.54 Å². The number of rotatable bonds is 2. The van der Waals surface area contributed by atoms with Gasteiger partial charge in [-0.3, -0.25) is 4.98 Å². The van der Waals surface area contributed by atoms with Crippen LogP contribution in [0.3, 0.4) is 0 Å². The summed E-state index contributed by atoms with van der Waals surface area (Å²) in [6.07, 6.45) is 6.22. The molecule has 1 saturated carbocycles. The molecule has 1 aromatic heterocycles. The van der Waals surface area contributed by atoms with Crippen LogP contribution < -0.4 is 5.32 Å². The lowest BCUT2D eigenvalue weighted by molar-refractivity contribution is 0.585. The lowest BCUT2D eigenvalue weighted by Gasteiger charge is -2.13. The highest BCUT2D eigenvalue weighted by Gasteiger charge is 2.42. The highest BCUT2D eigenvalue weighted by atomic mass is 15.0. The first-order chi connectivity index (χ1) is 5.37. The van der Waals surface area contributed by atoms with E-state index >= 15 is 0 Å². The maximum atomic E-state index is 3.99. The molecule has 1 aliphatic rings. The fourth-order valence-corrected chi connectivity index (χ4v) is 1.48. The topological polar surface area (TPSA) is 24.9 Å². The van der Waals surface area contributed by atoms with Crippen molar-refractivity contribution < 1.29 is 0 Å². The molecule has 2 rings (SSSR count). The van der Waals surface area contributed by atoms with E-state index in [0.29, 0.717) is 5.54 Å². The number of pyridine rings is 1. The molecule has 0 atom stereocenters. The maximum absolute atomic E-state index is 3.99. The molecule has 0 unspecified atom stereocenters. The Labute approximate surface area is 66.7 Å². The average Bonchev–Trinajstić information content (AvgIpc) is 2.86. The highest BCUT2D eigenvalue weighted by Crippen LogP contribution is 2.44. The van der Waals surface area contributed by atoms with Crippen molar-refractivity contribution in [2.75, 3.05) is 7.05 Å². The third kappa shape index (κ3) is 1.03. The smallest absolute Gasteiger partial charge is 0.0434 e. The number of hydrogen-bond donors (Lipinski definition) is 1. The van der Waals surface area contributed by atoms with E-state index in [1.165, 1.54) is 18.4 Å². The Morgan fingerprint density at radius 3 is 2.45 bits per heavy atom. The summed E-state index contributed by atoms with van der Waals surface area (Å²) in [7, 11) is 2.02. The zero-order chi connectivity index (χ0) is 7.73. The summed E-state index contributed by atoms with van der Waals surface area (Å²) in [5.41, 5.74) is 1.66. The summed E-state index contributed by atoms with van der Waals surface area (Å²) in [5.74, 6) is 0. The third-order valence-electron chi connectivity index (χ3n) is 2.46. The fraction of sp³-hybridized carbons (Fsp3) is 0.444. The van der Waals surface area contributed by atoms with Gasteiger partial charge >= 0.3 is 0 Å². The highest BCUT2D eigenvalue weighted by molar-refractivity contribution is 5.27. The van der Waals surface area contributed by atoms with Crippen molar-refractivity contribution in [3.63, 3.8) is 0 Å². The number of aromatic nitrogens is 1. The molecule has 0 radical (unpaired) electrons. The molecule has 1 aliphatic carbocycles. The Morgan fingerprint density at radius 2 is 2.00 bits per heavy atom. The van der Waals surface area contributed by atoms with Gasteiger partial charge in [0.2, 0.25) is 0 Å². The second-order valence-corrected chi connectivity index (χ2v) is 3.07. The van der Waals surface area contributed by atoms with Crippen molar-refractivity contribution in [2.45, 2.75) is 18.4 Å². The normalized spacial score (nSPS) is 19.7. The van der Waals surface area contributed by atoms with E-state index in [2.05, 4.69) is 22.4 Å². The predicted molar refractivity (Wildman–Crippen MR) is 44.2 cm³/mol. The van der Waals surface area contributed by atoms with Crippen LogP contribution in [0.15, 0.2) is 24.5 Å². The van der Waals surface area contributed by atoms with Crippen molar-refractivity contribution in [3.8, 4) is 0 Å². The van der Waals surface area contributed by atoms with Crippen LogP contribution in [0.4, 0.5) is 0 Å². The summed E-state index contributed by atoms with van der Waals surface area (Å²) in [4.78, 5) is 3.99. The first kappa shape index (κ1) is 6.80. The van der Waals surface area contributed by atoms with Gasteiger partial charge in [-0.2, -0.15) is 0 Å². The second kappa shape index (κ2) is 2.31. The molecule has 2 heteroatoms. The van der Waals surface area contributed by atoms with Crippen LogP contribution in [0.1, 0.15) is 18.4 Å². The van der Waals surface area contributed by atoms with Crippen molar-refractivity contribution in [1.29, 1.82) is 0 Å². The van der Waals surface area contributed by atoms with Crippen LogP contribution in [0.2, 0.25) is 0 Å². The zero-order valence-electron chi connectivity index (χ0n) is 6.67. The molecule has 1 aromatic rings. The molecule has 58 valence electrons. The van der Waals surface area contributed by atoms with E-state index in [0.717, 1.165) is 0 Å². The Balaban J connectivity index is 2.30. The molecular weight excluding hydrogens is 136 g/mol. The Bertz CT molecular complexity index is 239. The van der Waals surface area contributed by atoms with Crippen LogP contribution in [0, 0.1) is 0 Å². The maximum Gasteiger partial charge on any atom is 0.0434 e. The molecule has 1 heterocycles. The monoisotopic (exact) mass is 148 g/mol. The summed E-state index contributed by atoms with van der Waals surface area (Å²) < 4.78 is 0. The van der Waals surface area contributed by atoms with Gasteiger partial charge in [0.15, 0.2) is 0 Å². The summed E-state index contributed by atoms with van der Waals surface area (Å²) >= 11 is 0. The van der Waals surface area contributed by atoms with E-state index in [1.54, 1.807) is 0 Å². The first-order valence-electron chi connectivity index (χ1n) is 3.97. The lowest BCUT2D eigenvalue weighted by Crippen LogP contribution is -2.24. The van der Waals surface area contributed by atoms with E-state index < -0.39 is 0 Å². The minimum atomic E-state index is 0.295. The second-order valence-electron chi connectivity index (χ2n) is 3.07. The standard InChI is InChI=1S/C9H12N2/c1-10-9(4-5-9)8-2-6-11-7-3-8/h2-3,6-7,10H,4-5H2,1H3. The van der Waals surface area contributed by atoms with Crippen molar-refractivity contribution >= 4 is 0 Å². The summed E-state index contributed by atoms with van der Waals surface area (Å²) in [6, 6.07) is 4.17. The molecule has 1 N–H and O–H groups in total. The molecule has 0 aliphatic heterocycles. The molecular formula is C9H12N2. The van der Waals surface area contributed by atoms with E-state index in [1.807, 2.05) is 19.4 Å². The van der Waals surface area contributed by atoms with Crippen LogP contribution in [0.5, 0.6) is 0 Å². The van der Waals surface area contributed by atoms with Gasteiger partial charge in [-0.05, 0) is 37.6 Å². The van der Waals surface area contributed by atoms with Gasteiger partial charge in [-0.1, -0.05) is 0 Å². The van der Waals surface area contributed by atoms with Crippen molar-refractivity contribution in [3.05, 3.63) is 30.1 Å². The molecule has 1 fully saturated rings. The van der Waals surface area contributed by atoms with E-state index in [4.69, 9.17) is 0 Å². The van der Waals surface area contributed by atoms with Gasteiger partial charge in [-0.15, -0.1) is 0 Å². The minimum absolute atomic E-state index is 0.295. The van der Waals surface area contributed by atoms with Gasteiger partial charge in [0.05, 0.1) is 0 Å². The van der Waals surface area contributed by atoms with E-state index in [9.17, 15) is 0 Å². The Kier molecular flexibility index (Phi) is 1.43. The zero-order valence-corrected chi connectivity index (χ0v) is 6.67. The number of hydrogen-bond acceptors (Lipinski definition) is 2. The summed E-state index contributed by atoms with van der Waals surface area (Å²) in [5, 5.41) is 3.34. The fourth-order valence-electron chi connectivity index (χ4n) is 1.48. The third-order valence-corrected chi connectivity index (χ3v) is 2.46. The molecule has 0 amide bonds. The van der Waals surface area contributed by atoms with Gasteiger partial charge in [0.25, 0.3) is 0 Å². The van der Waals surface area contributed by atoms with Gasteiger partial charge < -0.3 is 5.32 Å². The SMILES string of the molecule is CNC1(c2ccncc2)CC1. The van der Waals surface area contributed by atoms with Crippen LogP contribution >= 0.6 is 0 Å².